The summed E-state index contributed by atoms with van der Waals surface area (Å²) in [5, 5.41) is 6.86. The Morgan fingerprint density at radius 3 is 2.68 bits per heavy atom. The Bertz CT molecular complexity index is 1030. The van der Waals surface area contributed by atoms with Crippen molar-refractivity contribution in [3.8, 4) is 0 Å². The normalized spacial score (nSPS) is 19.4. The Labute approximate surface area is 184 Å². The van der Waals surface area contributed by atoms with Crippen molar-refractivity contribution < 1.29 is 0 Å². The molecule has 2 aliphatic heterocycles. The van der Waals surface area contributed by atoms with Crippen LogP contribution in [0, 0.1) is 6.92 Å². The quantitative estimate of drug-likeness (QED) is 0.707. The van der Waals surface area contributed by atoms with Crippen molar-refractivity contribution in [2.75, 3.05) is 50.1 Å². The molecule has 160 valence electrons. The first-order valence-corrected chi connectivity index (χ1v) is 10.7. The molecule has 0 aliphatic carbocycles. The molecule has 1 saturated heterocycles. The minimum Gasteiger partial charge on any atom is -0.369 e. The fourth-order valence-corrected chi connectivity index (χ4v) is 3.89. The van der Waals surface area contributed by atoms with E-state index in [1.54, 1.807) is 6.20 Å². The van der Waals surface area contributed by atoms with Crippen LogP contribution >= 0.6 is 0 Å². The lowest BCUT2D eigenvalue weighted by Gasteiger charge is -2.34. The third-order valence-electron chi connectivity index (χ3n) is 5.73. The largest absolute Gasteiger partial charge is 0.369 e. The summed E-state index contributed by atoms with van der Waals surface area (Å²) in [5.41, 5.74) is 7.47. The van der Waals surface area contributed by atoms with E-state index in [9.17, 15) is 0 Å². The lowest BCUT2D eigenvalue weighted by atomic mass is 10.1. The summed E-state index contributed by atoms with van der Waals surface area (Å²) in [7, 11) is 2.18. The molecule has 0 unspecified atom stereocenters. The minimum absolute atomic E-state index is 0.481. The standard InChI is InChI=1S/C25H30N6/c1-19-7-4-5-10-22(19)23-16-24(25(29-23)17-26-2)28-18-27-20-8-6-9-21(15-20)31-13-11-30(3)12-14-31/h4-10,15-17,27,29H,2,11-14,18H2,1,3H3/b25-17+,28-24-. The number of allylic oxidation sites excluding steroid dienone is 1. The smallest absolute Gasteiger partial charge is 0.108 e. The lowest BCUT2D eigenvalue weighted by molar-refractivity contribution is 0.313. The molecule has 6 nitrogen and oxygen atoms in total. The summed E-state index contributed by atoms with van der Waals surface area (Å²) in [6, 6.07) is 16.9. The Morgan fingerprint density at radius 1 is 1.10 bits per heavy atom. The first-order valence-electron chi connectivity index (χ1n) is 10.7. The second kappa shape index (κ2) is 9.62. The summed E-state index contributed by atoms with van der Waals surface area (Å²) < 4.78 is 0. The predicted molar refractivity (Wildman–Crippen MR) is 132 cm³/mol. The van der Waals surface area contributed by atoms with Crippen molar-refractivity contribution in [1.29, 1.82) is 0 Å². The fourth-order valence-electron chi connectivity index (χ4n) is 3.89. The Balaban J connectivity index is 1.46. The molecule has 0 saturated carbocycles. The van der Waals surface area contributed by atoms with E-state index >= 15 is 0 Å². The van der Waals surface area contributed by atoms with Gasteiger partial charge in [0.1, 0.15) is 6.67 Å². The zero-order chi connectivity index (χ0) is 21.6. The van der Waals surface area contributed by atoms with Gasteiger partial charge in [-0.15, -0.1) is 0 Å². The van der Waals surface area contributed by atoms with E-state index in [0.717, 1.165) is 54.5 Å². The molecule has 0 spiro atoms. The minimum atomic E-state index is 0.481. The molecule has 0 amide bonds. The van der Waals surface area contributed by atoms with Gasteiger partial charge in [-0.3, -0.25) is 9.98 Å². The number of rotatable bonds is 6. The van der Waals surface area contributed by atoms with Crippen LogP contribution in [-0.4, -0.2) is 57.2 Å². The second-order valence-corrected chi connectivity index (χ2v) is 7.94. The van der Waals surface area contributed by atoms with Gasteiger partial charge < -0.3 is 20.4 Å². The van der Waals surface area contributed by atoms with Gasteiger partial charge in [-0.2, -0.15) is 0 Å². The van der Waals surface area contributed by atoms with Crippen molar-refractivity contribution in [3.05, 3.63) is 77.6 Å². The zero-order valence-electron chi connectivity index (χ0n) is 18.3. The van der Waals surface area contributed by atoms with Crippen molar-refractivity contribution in [1.82, 2.24) is 10.2 Å². The monoisotopic (exact) mass is 414 g/mol. The topological polar surface area (TPSA) is 55.3 Å². The zero-order valence-corrected chi connectivity index (χ0v) is 18.3. The first kappa shape index (κ1) is 20.9. The van der Waals surface area contributed by atoms with Crippen LogP contribution in [0.15, 0.2) is 76.5 Å². The molecule has 0 radical (unpaired) electrons. The maximum absolute atomic E-state index is 4.77. The average Bonchev–Trinajstić information content (AvgIpc) is 3.17. The summed E-state index contributed by atoms with van der Waals surface area (Å²) in [4.78, 5) is 13.5. The van der Waals surface area contributed by atoms with E-state index in [4.69, 9.17) is 4.99 Å². The molecule has 6 heteroatoms. The Kier molecular flexibility index (Phi) is 6.48. The Morgan fingerprint density at radius 2 is 1.90 bits per heavy atom. The molecular weight excluding hydrogens is 384 g/mol. The van der Waals surface area contributed by atoms with Gasteiger partial charge in [0.2, 0.25) is 0 Å². The molecule has 4 rings (SSSR count). The van der Waals surface area contributed by atoms with Crippen molar-refractivity contribution in [3.63, 3.8) is 0 Å². The highest BCUT2D eigenvalue weighted by Gasteiger charge is 2.18. The van der Waals surface area contributed by atoms with Gasteiger partial charge in [-0.25, -0.2) is 0 Å². The van der Waals surface area contributed by atoms with Crippen LogP contribution in [0.2, 0.25) is 0 Å². The van der Waals surface area contributed by atoms with Crippen LogP contribution in [-0.2, 0) is 0 Å². The van der Waals surface area contributed by atoms with Crippen LogP contribution in [0.3, 0.4) is 0 Å². The van der Waals surface area contributed by atoms with E-state index in [2.05, 4.69) is 88.6 Å². The average molecular weight is 415 g/mol. The highest BCUT2D eigenvalue weighted by atomic mass is 15.2. The predicted octanol–water partition coefficient (Wildman–Crippen LogP) is 3.74. The van der Waals surface area contributed by atoms with E-state index in [-0.39, 0.29) is 0 Å². The number of hydrogen-bond donors (Lipinski definition) is 2. The number of aryl methyl sites for hydroxylation is 1. The van der Waals surface area contributed by atoms with Crippen LogP contribution in [0.25, 0.3) is 5.70 Å². The number of likely N-dealkylation sites (N-methyl/N-ethyl adjacent to an activating group) is 1. The number of nitrogens with zero attached hydrogens (tertiary/aromatic N) is 4. The van der Waals surface area contributed by atoms with Gasteiger partial charge in [0, 0.05) is 48.8 Å². The molecule has 2 aromatic carbocycles. The maximum Gasteiger partial charge on any atom is 0.108 e. The van der Waals surface area contributed by atoms with E-state index in [1.807, 2.05) is 12.1 Å². The molecule has 0 atom stereocenters. The lowest BCUT2D eigenvalue weighted by Crippen LogP contribution is -2.44. The fraction of sp³-hybridized carbons (Fsp3) is 0.280. The molecule has 0 bridgehead atoms. The van der Waals surface area contributed by atoms with Gasteiger partial charge in [-0.05, 0) is 50.5 Å². The maximum atomic E-state index is 4.77. The van der Waals surface area contributed by atoms with Crippen LogP contribution in [0.4, 0.5) is 11.4 Å². The Hall–Kier alpha value is -3.38. The summed E-state index contributed by atoms with van der Waals surface area (Å²) >= 11 is 0. The second-order valence-electron chi connectivity index (χ2n) is 7.94. The van der Waals surface area contributed by atoms with Crippen molar-refractivity contribution in [2.24, 2.45) is 9.98 Å². The van der Waals surface area contributed by atoms with Gasteiger partial charge in [0.05, 0.1) is 17.6 Å². The number of hydrogen-bond acceptors (Lipinski definition) is 6. The molecule has 2 heterocycles. The van der Waals surface area contributed by atoms with Crippen LogP contribution < -0.4 is 15.5 Å². The SMILES string of the molecule is C=N/C=C1/NC(c2ccccc2C)=C/C1=N/CNc1cccc(N2CCN(C)CC2)c1. The molecule has 2 aromatic rings. The summed E-state index contributed by atoms with van der Waals surface area (Å²) in [5.74, 6) is 0. The summed E-state index contributed by atoms with van der Waals surface area (Å²) in [6.07, 6.45) is 3.79. The number of benzene rings is 2. The van der Waals surface area contributed by atoms with Gasteiger partial charge >= 0.3 is 0 Å². The number of piperazine rings is 1. The van der Waals surface area contributed by atoms with E-state index < -0.39 is 0 Å². The molecule has 31 heavy (non-hydrogen) atoms. The number of anilines is 2. The van der Waals surface area contributed by atoms with E-state index in [0.29, 0.717) is 6.67 Å². The van der Waals surface area contributed by atoms with Gasteiger partial charge in [0.25, 0.3) is 0 Å². The third kappa shape index (κ3) is 5.03. The van der Waals surface area contributed by atoms with Gasteiger partial charge in [-0.1, -0.05) is 30.3 Å². The summed E-state index contributed by atoms with van der Waals surface area (Å²) in [6.45, 7) is 10.5. The molecule has 2 N–H and O–H groups in total. The number of nitrogens with one attached hydrogen (secondary N) is 2. The van der Waals surface area contributed by atoms with Crippen molar-refractivity contribution in [2.45, 2.75) is 6.92 Å². The van der Waals surface area contributed by atoms with Crippen LogP contribution in [0.1, 0.15) is 11.1 Å². The third-order valence-corrected chi connectivity index (χ3v) is 5.73. The van der Waals surface area contributed by atoms with E-state index in [1.165, 1.54) is 11.3 Å². The van der Waals surface area contributed by atoms with Crippen LogP contribution in [0.5, 0.6) is 0 Å². The van der Waals surface area contributed by atoms with Crippen molar-refractivity contribution >= 4 is 29.5 Å². The molecule has 1 fully saturated rings. The van der Waals surface area contributed by atoms with Gasteiger partial charge in [0.15, 0.2) is 0 Å². The molecule has 0 aromatic heterocycles. The highest BCUT2D eigenvalue weighted by molar-refractivity contribution is 6.16. The molecular formula is C25H30N6. The highest BCUT2D eigenvalue weighted by Crippen LogP contribution is 2.24. The molecule has 2 aliphatic rings. The number of aliphatic imine (C=N–C) groups is 2. The first-order chi connectivity index (χ1) is 15.1.